The molecule has 0 aromatic carbocycles. The minimum Gasteiger partial charge on any atom is -0.388 e. The van der Waals surface area contributed by atoms with Crippen LogP contribution in [0.3, 0.4) is 0 Å². The Bertz CT molecular complexity index is 205. The van der Waals surface area contributed by atoms with Crippen LogP contribution in [-0.4, -0.2) is 51.6 Å². The maximum Gasteiger partial charge on any atom is 0.161 e. The quantitative estimate of drug-likeness (QED) is 0.466. The van der Waals surface area contributed by atoms with Crippen LogP contribution in [-0.2, 0) is 9.53 Å². The molecular formula is C8H14O5. The molecule has 1 saturated heterocycles. The largest absolute Gasteiger partial charge is 0.388 e. The number of ether oxygens (including phenoxy) is 1. The Morgan fingerprint density at radius 1 is 1.15 bits per heavy atom. The molecule has 76 valence electrons. The van der Waals surface area contributed by atoms with Gasteiger partial charge in [-0.3, -0.25) is 4.79 Å². The molecule has 0 spiro atoms. The third kappa shape index (κ3) is 1.88. The monoisotopic (exact) mass is 190 g/mol. The minimum atomic E-state index is -1.34. The van der Waals surface area contributed by atoms with Crippen molar-refractivity contribution < 1.29 is 24.9 Å². The van der Waals surface area contributed by atoms with Gasteiger partial charge in [0.2, 0.25) is 0 Å². The molecule has 5 heteroatoms. The van der Waals surface area contributed by atoms with E-state index in [4.69, 9.17) is 4.74 Å². The molecule has 0 aromatic rings. The molecule has 0 saturated carbocycles. The van der Waals surface area contributed by atoms with E-state index in [1.807, 2.05) is 0 Å². The van der Waals surface area contributed by atoms with E-state index < -0.39 is 30.5 Å². The van der Waals surface area contributed by atoms with Crippen LogP contribution >= 0.6 is 0 Å². The zero-order valence-electron chi connectivity index (χ0n) is 7.54. The summed E-state index contributed by atoms with van der Waals surface area (Å²) in [4.78, 5) is 10.9. The fraction of sp³-hybridized carbons (Fsp3) is 0.875. The van der Waals surface area contributed by atoms with E-state index in [0.717, 1.165) is 0 Å². The molecule has 0 amide bonds. The van der Waals surface area contributed by atoms with Crippen molar-refractivity contribution in [1.82, 2.24) is 0 Å². The molecular weight excluding hydrogens is 176 g/mol. The lowest BCUT2D eigenvalue weighted by molar-refractivity contribution is -0.214. The van der Waals surface area contributed by atoms with Crippen molar-refractivity contribution in [3.63, 3.8) is 0 Å². The predicted molar refractivity (Wildman–Crippen MR) is 43.0 cm³/mol. The molecule has 0 radical (unpaired) electrons. The molecule has 1 aliphatic rings. The molecule has 5 nitrogen and oxygen atoms in total. The van der Waals surface area contributed by atoms with Crippen molar-refractivity contribution in [2.45, 2.75) is 44.4 Å². The molecule has 1 rings (SSSR count). The van der Waals surface area contributed by atoms with Crippen molar-refractivity contribution >= 4 is 5.78 Å². The number of ketones is 1. The Morgan fingerprint density at radius 3 is 2.15 bits per heavy atom. The summed E-state index contributed by atoms with van der Waals surface area (Å²) in [6.07, 6.45) is -5.49. The van der Waals surface area contributed by atoms with Gasteiger partial charge >= 0.3 is 0 Å². The number of rotatable bonds is 1. The van der Waals surface area contributed by atoms with E-state index in [1.165, 1.54) is 13.8 Å². The van der Waals surface area contributed by atoms with Crippen LogP contribution in [0.1, 0.15) is 13.8 Å². The van der Waals surface area contributed by atoms with Crippen molar-refractivity contribution in [2.24, 2.45) is 0 Å². The second-order valence-corrected chi connectivity index (χ2v) is 3.34. The Hall–Kier alpha value is -0.490. The molecule has 1 fully saturated rings. The van der Waals surface area contributed by atoms with Gasteiger partial charge in [-0.15, -0.1) is 0 Å². The predicted octanol–water partition coefficient (Wildman–Crippen LogP) is -1.55. The third-order valence-corrected chi connectivity index (χ3v) is 2.25. The van der Waals surface area contributed by atoms with Gasteiger partial charge in [-0.25, -0.2) is 0 Å². The van der Waals surface area contributed by atoms with E-state index in [-0.39, 0.29) is 5.78 Å². The van der Waals surface area contributed by atoms with E-state index in [9.17, 15) is 20.1 Å². The first kappa shape index (κ1) is 10.6. The van der Waals surface area contributed by atoms with Gasteiger partial charge in [-0.2, -0.15) is 0 Å². The first-order valence-corrected chi connectivity index (χ1v) is 4.15. The highest BCUT2D eigenvalue weighted by Crippen LogP contribution is 2.21. The topological polar surface area (TPSA) is 87.0 Å². The van der Waals surface area contributed by atoms with Gasteiger partial charge in [-0.1, -0.05) is 0 Å². The smallest absolute Gasteiger partial charge is 0.161 e. The van der Waals surface area contributed by atoms with E-state index in [2.05, 4.69) is 0 Å². The summed E-state index contributed by atoms with van der Waals surface area (Å²) in [5.74, 6) is -0.356. The van der Waals surface area contributed by atoms with Crippen LogP contribution < -0.4 is 0 Å². The van der Waals surface area contributed by atoms with Crippen LogP contribution in [0, 0.1) is 0 Å². The lowest BCUT2D eigenvalue weighted by atomic mass is 9.94. The summed E-state index contributed by atoms with van der Waals surface area (Å²) in [7, 11) is 0. The van der Waals surface area contributed by atoms with Gasteiger partial charge < -0.3 is 20.1 Å². The number of hydrogen-bond acceptors (Lipinski definition) is 5. The number of aliphatic hydroxyl groups is 3. The van der Waals surface area contributed by atoms with Crippen molar-refractivity contribution in [3.8, 4) is 0 Å². The number of hydrogen-bond donors (Lipinski definition) is 3. The molecule has 5 atom stereocenters. The highest BCUT2D eigenvalue weighted by atomic mass is 16.5. The molecule has 1 heterocycles. The number of carbonyl (C=O) groups excluding carboxylic acids is 1. The first-order chi connectivity index (χ1) is 5.95. The lowest BCUT2D eigenvalue weighted by Gasteiger charge is -2.38. The number of Topliss-reactive ketones (excluding diaryl/α,β-unsaturated/α-hetero) is 1. The maximum atomic E-state index is 10.9. The fourth-order valence-electron chi connectivity index (χ4n) is 1.39. The number of carbonyl (C=O) groups is 1. The second kappa shape index (κ2) is 3.71. The summed E-state index contributed by atoms with van der Waals surface area (Å²) >= 11 is 0. The van der Waals surface area contributed by atoms with E-state index in [0.29, 0.717) is 0 Å². The first-order valence-electron chi connectivity index (χ1n) is 4.15. The summed E-state index contributed by atoms with van der Waals surface area (Å²) in [6, 6.07) is 0. The van der Waals surface area contributed by atoms with E-state index in [1.54, 1.807) is 0 Å². The van der Waals surface area contributed by atoms with Crippen LogP contribution in [0.25, 0.3) is 0 Å². The molecule has 13 heavy (non-hydrogen) atoms. The highest BCUT2D eigenvalue weighted by molar-refractivity contribution is 5.81. The molecule has 1 aliphatic heterocycles. The normalized spacial score (nSPS) is 46.1. The van der Waals surface area contributed by atoms with Crippen LogP contribution in [0.15, 0.2) is 0 Å². The minimum absolute atomic E-state index is 0.356. The summed E-state index contributed by atoms with van der Waals surface area (Å²) in [5, 5.41) is 27.9. The van der Waals surface area contributed by atoms with Gasteiger partial charge in [0, 0.05) is 0 Å². The number of aliphatic hydroxyl groups excluding tert-OH is 3. The van der Waals surface area contributed by atoms with Crippen LogP contribution in [0.2, 0.25) is 0 Å². The highest BCUT2D eigenvalue weighted by Gasteiger charge is 2.43. The average Bonchev–Trinajstić information content (AvgIpc) is 2.07. The third-order valence-electron chi connectivity index (χ3n) is 2.25. The van der Waals surface area contributed by atoms with Crippen molar-refractivity contribution in [3.05, 3.63) is 0 Å². The van der Waals surface area contributed by atoms with Crippen molar-refractivity contribution in [2.75, 3.05) is 0 Å². The van der Waals surface area contributed by atoms with Gasteiger partial charge in [0.25, 0.3) is 0 Å². The average molecular weight is 190 g/mol. The Kier molecular flexibility index (Phi) is 3.02. The molecule has 1 unspecified atom stereocenters. The van der Waals surface area contributed by atoms with Gasteiger partial charge in [0.05, 0.1) is 6.10 Å². The van der Waals surface area contributed by atoms with Gasteiger partial charge in [0.1, 0.15) is 24.4 Å². The SMILES string of the molecule is CC(=O)[C@H]1OC(C)[C@H](O)[C@@H](O)[C@H]1O. The zero-order valence-corrected chi connectivity index (χ0v) is 7.54. The molecule has 0 aliphatic carbocycles. The van der Waals surface area contributed by atoms with Crippen LogP contribution in [0.5, 0.6) is 0 Å². The van der Waals surface area contributed by atoms with Crippen molar-refractivity contribution in [1.29, 1.82) is 0 Å². The van der Waals surface area contributed by atoms with Gasteiger partial charge in [-0.05, 0) is 13.8 Å². The van der Waals surface area contributed by atoms with E-state index >= 15 is 0 Å². The zero-order chi connectivity index (χ0) is 10.2. The fourth-order valence-corrected chi connectivity index (χ4v) is 1.39. The standard InChI is InChI=1S/C8H14O5/c1-3(9)8-7(12)6(11)5(10)4(2)13-8/h4-8,10-12H,1-2H3/t4?,5-,6+,7+,8+/m0/s1. The summed E-state index contributed by atoms with van der Waals surface area (Å²) in [5.41, 5.74) is 0. The maximum absolute atomic E-state index is 10.9. The van der Waals surface area contributed by atoms with Gasteiger partial charge in [0.15, 0.2) is 5.78 Å². The Morgan fingerprint density at radius 2 is 1.69 bits per heavy atom. The second-order valence-electron chi connectivity index (χ2n) is 3.34. The lowest BCUT2D eigenvalue weighted by Crippen LogP contribution is -2.58. The Balaban J connectivity index is 2.76. The van der Waals surface area contributed by atoms with Crippen LogP contribution in [0.4, 0.5) is 0 Å². The Labute approximate surface area is 75.9 Å². The molecule has 3 N–H and O–H groups in total. The molecule has 0 bridgehead atoms. The summed E-state index contributed by atoms with van der Waals surface area (Å²) in [6.45, 7) is 2.81. The summed E-state index contributed by atoms with van der Waals surface area (Å²) < 4.78 is 5.03. The molecule has 0 aromatic heterocycles.